The van der Waals surface area contributed by atoms with Gasteiger partial charge in [-0.15, -0.1) is 0 Å². The van der Waals surface area contributed by atoms with E-state index >= 15 is 0 Å². The van der Waals surface area contributed by atoms with Crippen LogP contribution in [0.4, 0.5) is 0 Å². The molecular weight excluding hydrogens is 242 g/mol. The average Bonchev–Trinajstić information content (AvgIpc) is 2.52. The van der Waals surface area contributed by atoms with Gasteiger partial charge < -0.3 is 0 Å². The summed E-state index contributed by atoms with van der Waals surface area (Å²) in [5, 5.41) is 5.40. The third-order valence-corrected chi connectivity index (χ3v) is 2.45. The Balaban J connectivity index is 2.46. The highest BCUT2D eigenvalue weighted by Crippen LogP contribution is 2.03. The third-order valence-electron chi connectivity index (χ3n) is 2.10. The minimum atomic E-state index is 0.959. The Hall–Kier alpha value is -0.350. The van der Waals surface area contributed by atoms with Crippen LogP contribution in [0.2, 0.25) is 0 Å². The SMILES string of the molecule is CCCN(CCBr)Cc1ccn(C)n1. The van der Waals surface area contributed by atoms with Crippen molar-refractivity contribution in [3.05, 3.63) is 18.0 Å². The number of hydrogen-bond acceptors (Lipinski definition) is 2. The lowest BCUT2D eigenvalue weighted by molar-refractivity contribution is 0.279. The fourth-order valence-electron chi connectivity index (χ4n) is 1.48. The summed E-state index contributed by atoms with van der Waals surface area (Å²) in [4.78, 5) is 2.41. The van der Waals surface area contributed by atoms with Crippen LogP contribution in [0.1, 0.15) is 19.0 Å². The molecule has 1 aromatic rings. The van der Waals surface area contributed by atoms with Crippen LogP contribution in [0.25, 0.3) is 0 Å². The van der Waals surface area contributed by atoms with Crippen molar-refractivity contribution in [2.24, 2.45) is 7.05 Å². The van der Waals surface area contributed by atoms with Gasteiger partial charge in [-0.2, -0.15) is 5.10 Å². The highest BCUT2D eigenvalue weighted by molar-refractivity contribution is 9.09. The second kappa shape index (κ2) is 6.19. The number of halogens is 1. The van der Waals surface area contributed by atoms with E-state index in [4.69, 9.17) is 0 Å². The zero-order valence-corrected chi connectivity index (χ0v) is 10.5. The normalized spacial score (nSPS) is 11.1. The van der Waals surface area contributed by atoms with Crippen molar-refractivity contribution in [1.82, 2.24) is 14.7 Å². The molecule has 1 heterocycles. The maximum absolute atomic E-state index is 4.37. The summed E-state index contributed by atoms with van der Waals surface area (Å²) >= 11 is 3.47. The Morgan fingerprint density at radius 2 is 2.29 bits per heavy atom. The maximum atomic E-state index is 4.37. The first-order valence-electron chi connectivity index (χ1n) is 5.03. The summed E-state index contributed by atoms with van der Waals surface area (Å²) in [5.74, 6) is 0. The molecule has 0 amide bonds. The molecule has 0 aliphatic heterocycles. The second-order valence-corrected chi connectivity index (χ2v) is 4.24. The summed E-state index contributed by atoms with van der Waals surface area (Å²) in [6.45, 7) is 5.40. The molecule has 0 aliphatic rings. The minimum absolute atomic E-state index is 0.959. The van der Waals surface area contributed by atoms with Gasteiger partial charge in [0, 0.05) is 31.7 Å². The van der Waals surface area contributed by atoms with Gasteiger partial charge in [0.15, 0.2) is 0 Å². The van der Waals surface area contributed by atoms with E-state index in [0.29, 0.717) is 0 Å². The molecule has 0 N–H and O–H groups in total. The standard InChI is InChI=1S/C10H18BrN3/c1-3-6-14(8-5-11)9-10-4-7-13(2)12-10/h4,7H,3,5-6,8-9H2,1-2H3. The van der Waals surface area contributed by atoms with E-state index in [-0.39, 0.29) is 0 Å². The van der Waals surface area contributed by atoms with Gasteiger partial charge in [0.2, 0.25) is 0 Å². The van der Waals surface area contributed by atoms with Crippen LogP contribution in [-0.2, 0) is 13.6 Å². The monoisotopic (exact) mass is 259 g/mol. The van der Waals surface area contributed by atoms with Gasteiger partial charge in [0.25, 0.3) is 0 Å². The first kappa shape index (κ1) is 11.7. The van der Waals surface area contributed by atoms with E-state index < -0.39 is 0 Å². The fourth-order valence-corrected chi connectivity index (χ4v) is 1.98. The topological polar surface area (TPSA) is 21.1 Å². The van der Waals surface area contributed by atoms with Crippen LogP contribution in [0.15, 0.2) is 12.3 Å². The molecule has 0 spiro atoms. The molecule has 3 nitrogen and oxygen atoms in total. The van der Waals surface area contributed by atoms with Gasteiger partial charge in [-0.1, -0.05) is 22.9 Å². The highest BCUT2D eigenvalue weighted by Gasteiger charge is 2.05. The van der Waals surface area contributed by atoms with Crippen molar-refractivity contribution in [2.45, 2.75) is 19.9 Å². The molecule has 0 fully saturated rings. The van der Waals surface area contributed by atoms with Crippen molar-refractivity contribution in [3.8, 4) is 0 Å². The molecule has 4 heteroatoms. The number of hydrogen-bond donors (Lipinski definition) is 0. The van der Waals surface area contributed by atoms with Crippen LogP contribution < -0.4 is 0 Å². The predicted molar refractivity (Wildman–Crippen MR) is 62.6 cm³/mol. The Morgan fingerprint density at radius 1 is 1.50 bits per heavy atom. The number of rotatable bonds is 6. The molecular formula is C10H18BrN3. The molecule has 0 unspecified atom stereocenters. The number of aryl methyl sites for hydroxylation is 1. The third kappa shape index (κ3) is 3.80. The molecule has 0 saturated heterocycles. The molecule has 0 bridgehead atoms. The first-order valence-corrected chi connectivity index (χ1v) is 6.15. The van der Waals surface area contributed by atoms with E-state index in [1.165, 1.54) is 6.42 Å². The van der Waals surface area contributed by atoms with E-state index in [1.54, 1.807) is 0 Å². The molecule has 0 aliphatic carbocycles. The van der Waals surface area contributed by atoms with Crippen molar-refractivity contribution < 1.29 is 0 Å². The quantitative estimate of drug-likeness (QED) is 0.730. The van der Waals surface area contributed by atoms with Gasteiger partial charge in [-0.3, -0.25) is 9.58 Å². The van der Waals surface area contributed by atoms with Gasteiger partial charge in [0.1, 0.15) is 0 Å². The summed E-state index contributed by atoms with van der Waals surface area (Å²) in [7, 11) is 1.96. The van der Waals surface area contributed by atoms with E-state index in [1.807, 2.05) is 17.9 Å². The molecule has 0 saturated carbocycles. The summed E-state index contributed by atoms with van der Waals surface area (Å²) in [6, 6.07) is 2.08. The Kier molecular flexibility index (Phi) is 5.19. The lowest BCUT2D eigenvalue weighted by Gasteiger charge is -2.18. The largest absolute Gasteiger partial charge is 0.297 e. The molecule has 14 heavy (non-hydrogen) atoms. The molecule has 80 valence electrons. The van der Waals surface area contributed by atoms with Crippen LogP contribution in [-0.4, -0.2) is 33.1 Å². The number of aromatic nitrogens is 2. The lowest BCUT2D eigenvalue weighted by Crippen LogP contribution is -2.26. The smallest absolute Gasteiger partial charge is 0.0764 e. The van der Waals surface area contributed by atoms with E-state index in [9.17, 15) is 0 Å². The van der Waals surface area contributed by atoms with Gasteiger partial charge in [-0.25, -0.2) is 0 Å². The zero-order chi connectivity index (χ0) is 10.4. The Morgan fingerprint density at radius 3 is 2.79 bits per heavy atom. The van der Waals surface area contributed by atoms with Crippen LogP contribution in [0, 0.1) is 0 Å². The highest BCUT2D eigenvalue weighted by atomic mass is 79.9. The number of alkyl halides is 1. The average molecular weight is 260 g/mol. The molecule has 0 atom stereocenters. The van der Waals surface area contributed by atoms with Crippen molar-refractivity contribution in [2.75, 3.05) is 18.4 Å². The van der Waals surface area contributed by atoms with Crippen molar-refractivity contribution >= 4 is 15.9 Å². The van der Waals surface area contributed by atoms with E-state index in [2.05, 4.69) is 38.9 Å². The molecule has 1 aromatic heterocycles. The maximum Gasteiger partial charge on any atom is 0.0764 e. The summed E-state index contributed by atoms with van der Waals surface area (Å²) < 4.78 is 1.85. The van der Waals surface area contributed by atoms with Gasteiger partial charge in [-0.05, 0) is 19.0 Å². The lowest BCUT2D eigenvalue weighted by atomic mass is 10.3. The molecule has 0 aromatic carbocycles. The summed E-state index contributed by atoms with van der Waals surface area (Å²) in [6.07, 6.45) is 3.19. The molecule has 0 radical (unpaired) electrons. The summed E-state index contributed by atoms with van der Waals surface area (Å²) in [5.41, 5.74) is 1.15. The second-order valence-electron chi connectivity index (χ2n) is 3.45. The number of nitrogens with zero attached hydrogens (tertiary/aromatic N) is 3. The van der Waals surface area contributed by atoms with Crippen LogP contribution in [0.3, 0.4) is 0 Å². The zero-order valence-electron chi connectivity index (χ0n) is 8.91. The molecule has 1 rings (SSSR count). The van der Waals surface area contributed by atoms with Gasteiger partial charge >= 0.3 is 0 Å². The van der Waals surface area contributed by atoms with Crippen LogP contribution >= 0.6 is 15.9 Å². The first-order chi connectivity index (χ1) is 6.76. The minimum Gasteiger partial charge on any atom is -0.297 e. The Bertz CT molecular complexity index is 254. The predicted octanol–water partition coefficient (Wildman–Crippen LogP) is 2.03. The van der Waals surface area contributed by atoms with Gasteiger partial charge in [0.05, 0.1) is 5.69 Å². The Labute approximate surface area is 94.2 Å². The fraction of sp³-hybridized carbons (Fsp3) is 0.700. The van der Waals surface area contributed by atoms with Crippen molar-refractivity contribution in [1.29, 1.82) is 0 Å². The van der Waals surface area contributed by atoms with E-state index in [0.717, 1.165) is 30.7 Å². The van der Waals surface area contributed by atoms with Crippen LogP contribution in [0.5, 0.6) is 0 Å². The van der Waals surface area contributed by atoms with Crippen molar-refractivity contribution in [3.63, 3.8) is 0 Å².